The number of hydrogen-bond donors (Lipinski definition) is 1. The van der Waals surface area contributed by atoms with Crippen LogP contribution in [0.4, 0.5) is 5.69 Å². The molecule has 98 valence electrons. The molecule has 1 aromatic carbocycles. The summed E-state index contributed by atoms with van der Waals surface area (Å²) in [6, 6.07) is 6.62. The summed E-state index contributed by atoms with van der Waals surface area (Å²) in [5, 5.41) is 3.18. The van der Waals surface area contributed by atoms with Crippen LogP contribution in [-0.4, -0.2) is 31.7 Å². The maximum atomic E-state index is 11.7. The molecule has 1 aromatic rings. The molecule has 18 heavy (non-hydrogen) atoms. The van der Waals surface area contributed by atoms with Gasteiger partial charge in [0.2, 0.25) is 0 Å². The second kappa shape index (κ2) is 6.98. The van der Waals surface area contributed by atoms with E-state index in [4.69, 9.17) is 16.3 Å². The summed E-state index contributed by atoms with van der Waals surface area (Å²) in [4.78, 5) is 22.8. The maximum absolute atomic E-state index is 11.7. The van der Waals surface area contributed by atoms with Gasteiger partial charge in [0.25, 0.3) is 5.91 Å². The van der Waals surface area contributed by atoms with Gasteiger partial charge >= 0.3 is 5.97 Å². The summed E-state index contributed by atoms with van der Waals surface area (Å²) < 4.78 is 9.44. The fourth-order valence-electron chi connectivity index (χ4n) is 1.18. The third-order valence-electron chi connectivity index (χ3n) is 2.05. The van der Waals surface area contributed by atoms with Gasteiger partial charge in [0.15, 0.2) is 6.10 Å². The lowest BCUT2D eigenvalue weighted by atomic mass is 10.3. The van der Waals surface area contributed by atoms with Gasteiger partial charge in [-0.1, -0.05) is 11.6 Å². The Morgan fingerprint density at radius 3 is 2.50 bits per heavy atom. The fourth-order valence-corrected chi connectivity index (χ4v) is 1.31. The lowest BCUT2D eigenvalue weighted by Gasteiger charge is -2.13. The van der Waals surface area contributed by atoms with E-state index in [-0.39, 0.29) is 6.61 Å². The van der Waals surface area contributed by atoms with Crippen molar-refractivity contribution in [3.8, 4) is 0 Å². The number of halogens is 1. The Morgan fingerprint density at radius 2 is 1.94 bits per heavy atom. The molecule has 0 fully saturated rings. The second-order valence-electron chi connectivity index (χ2n) is 3.56. The molecule has 0 bridgehead atoms. The van der Waals surface area contributed by atoms with E-state index in [1.54, 1.807) is 24.3 Å². The molecule has 1 atom stereocenters. The van der Waals surface area contributed by atoms with Crippen molar-refractivity contribution in [1.82, 2.24) is 0 Å². The topological polar surface area (TPSA) is 64.6 Å². The lowest BCUT2D eigenvalue weighted by Crippen LogP contribution is -2.31. The van der Waals surface area contributed by atoms with E-state index in [0.29, 0.717) is 10.7 Å². The highest BCUT2D eigenvalue weighted by molar-refractivity contribution is 6.30. The zero-order valence-corrected chi connectivity index (χ0v) is 10.9. The number of rotatable bonds is 5. The fraction of sp³-hybridized carbons (Fsp3) is 0.333. The van der Waals surface area contributed by atoms with Crippen LogP contribution < -0.4 is 5.32 Å². The normalized spacial score (nSPS) is 11.7. The number of esters is 1. The van der Waals surface area contributed by atoms with Crippen molar-refractivity contribution in [3.63, 3.8) is 0 Å². The van der Waals surface area contributed by atoms with Gasteiger partial charge in [0.05, 0.1) is 0 Å². The molecule has 1 N–H and O–H groups in total. The summed E-state index contributed by atoms with van der Waals surface area (Å²) >= 11 is 5.72. The van der Waals surface area contributed by atoms with Crippen molar-refractivity contribution >= 4 is 29.2 Å². The molecule has 6 heteroatoms. The molecule has 0 saturated carbocycles. The molecular formula is C12H14ClNO4. The van der Waals surface area contributed by atoms with Gasteiger partial charge in [-0.3, -0.25) is 4.79 Å². The summed E-state index contributed by atoms with van der Waals surface area (Å²) in [5.41, 5.74) is 0.582. The van der Waals surface area contributed by atoms with E-state index in [0.717, 1.165) is 0 Å². The molecule has 1 amide bonds. The van der Waals surface area contributed by atoms with Crippen molar-refractivity contribution in [3.05, 3.63) is 29.3 Å². The number of carbonyl (C=O) groups excluding carboxylic acids is 2. The highest BCUT2D eigenvalue weighted by Crippen LogP contribution is 2.13. The van der Waals surface area contributed by atoms with Crippen molar-refractivity contribution in [1.29, 1.82) is 0 Å². The Bertz CT molecular complexity index is 419. The minimum Gasteiger partial charge on any atom is -0.451 e. The van der Waals surface area contributed by atoms with Crippen LogP contribution in [-0.2, 0) is 19.1 Å². The van der Waals surface area contributed by atoms with Gasteiger partial charge in [-0.25, -0.2) is 4.79 Å². The van der Waals surface area contributed by atoms with E-state index in [1.807, 2.05) is 0 Å². The van der Waals surface area contributed by atoms with Gasteiger partial charge in [0, 0.05) is 17.8 Å². The average molecular weight is 272 g/mol. The van der Waals surface area contributed by atoms with Crippen molar-refractivity contribution < 1.29 is 19.1 Å². The highest BCUT2D eigenvalue weighted by atomic mass is 35.5. The first-order chi connectivity index (χ1) is 8.52. The van der Waals surface area contributed by atoms with Crippen LogP contribution in [0.15, 0.2) is 24.3 Å². The van der Waals surface area contributed by atoms with E-state index < -0.39 is 18.0 Å². The minimum absolute atomic E-state index is 0.182. The van der Waals surface area contributed by atoms with Crippen LogP contribution in [0.1, 0.15) is 6.92 Å². The highest BCUT2D eigenvalue weighted by Gasteiger charge is 2.17. The van der Waals surface area contributed by atoms with Gasteiger partial charge in [-0.05, 0) is 31.2 Å². The molecule has 0 heterocycles. The number of ether oxygens (including phenoxy) is 2. The Balaban J connectivity index is 2.49. The Labute approximate surface area is 110 Å². The van der Waals surface area contributed by atoms with Crippen LogP contribution in [0.25, 0.3) is 0 Å². The second-order valence-corrected chi connectivity index (χ2v) is 4.00. The SMILES string of the molecule is COCC(=O)O[C@@H](C)C(=O)Nc1ccc(Cl)cc1. The number of benzene rings is 1. The molecule has 0 aromatic heterocycles. The molecular weight excluding hydrogens is 258 g/mol. The van der Waals surface area contributed by atoms with Crippen molar-refractivity contribution in [2.75, 3.05) is 19.0 Å². The van der Waals surface area contributed by atoms with Crippen LogP contribution in [0.2, 0.25) is 5.02 Å². The van der Waals surface area contributed by atoms with Crippen LogP contribution in [0, 0.1) is 0 Å². The first-order valence-electron chi connectivity index (χ1n) is 5.27. The molecule has 1 rings (SSSR count). The predicted molar refractivity (Wildman–Crippen MR) is 67.5 cm³/mol. The average Bonchev–Trinajstić information content (AvgIpc) is 2.32. The van der Waals surface area contributed by atoms with Crippen LogP contribution >= 0.6 is 11.6 Å². The monoisotopic (exact) mass is 271 g/mol. The standard InChI is InChI=1S/C12H14ClNO4/c1-8(18-11(15)7-17-2)12(16)14-10-5-3-9(13)4-6-10/h3-6,8H,7H2,1-2H3,(H,14,16)/t8-/m0/s1. The van der Waals surface area contributed by atoms with Gasteiger partial charge in [0.1, 0.15) is 6.61 Å². The summed E-state index contributed by atoms with van der Waals surface area (Å²) in [5.74, 6) is -1.00. The quantitative estimate of drug-likeness (QED) is 0.830. The summed E-state index contributed by atoms with van der Waals surface area (Å²) in [6.07, 6.45) is -0.886. The lowest BCUT2D eigenvalue weighted by molar-refractivity contribution is -0.156. The number of methoxy groups -OCH3 is 1. The predicted octanol–water partition coefficient (Wildman–Crippen LogP) is 1.86. The first-order valence-corrected chi connectivity index (χ1v) is 5.65. The van der Waals surface area contributed by atoms with Crippen LogP contribution in [0.3, 0.4) is 0 Å². The molecule has 0 unspecified atom stereocenters. The third kappa shape index (κ3) is 4.73. The molecule has 0 aliphatic rings. The van der Waals surface area contributed by atoms with E-state index in [2.05, 4.69) is 10.1 Å². The Hall–Kier alpha value is -1.59. The Morgan fingerprint density at radius 1 is 1.33 bits per heavy atom. The van der Waals surface area contributed by atoms with Crippen molar-refractivity contribution in [2.45, 2.75) is 13.0 Å². The molecule has 0 aliphatic carbocycles. The maximum Gasteiger partial charge on any atom is 0.332 e. The number of carbonyl (C=O) groups is 2. The Kier molecular flexibility index (Phi) is 5.61. The van der Waals surface area contributed by atoms with Crippen LogP contribution in [0.5, 0.6) is 0 Å². The molecule has 0 aliphatic heterocycles. The van der Waals surface area contributed by atoms with E-state index >= 15 is 0 Å². The molecule has 0 radical (unpaired) electrons. The van der Waals surface area contributed by atoms with Gasteiger partial charge in [-0.15, -0.1) is 0 Å². The largest absolute Gasteiger partial charge is 0.451 e. The zero-order valence-electron chi connectivity index (χ0n) is 10.1. The van der Waals surface area contributed by atoms with E-state index in [1.165, 1.54) is 14.0 Å². The first kappa shape index (κ1) is 14.5. The smallest absolute Gasteiger partial charge is 0.332 e. The minimum atomic E-state index is -0.886. The third-order valence-corrected chi connectivity index (χ3v) is 2.30. The molecule has 0 spiro atoms. The summed E-state index contributed by atoms with van der Waals surface area (Å²) in [7, 11) is 1.37. The number of amides is 1. The summed E-state index contributed by atoms with van der Waals surface area (Å²) in [6.45, 7) is 1.30. The number of hydrogen-bond acceptors (Lipinski definition) is 4. The molecule has 5 nitrogen and oxygen atoms in total. The van der Waals surface area contributed by atoms with Gasteiger partial charge in [-0.2, -0.15) is 0 Å². The van der Waals surface area contributed by atoms with E-state index in [9.17, 15) is 9.59 Å². The number of anilines is 1. The zero-order chi connectivity index (χ0) is 13.5. The molecule has 0 saturated heterocycles. The van der Waals surface area contributed by atoms with Gasteiger partial charge < -0.3 is 14.8 Å². The number of nitrogens with one attached hydrogen (secondary N) is 1. The van der Waals surface area contributed by atoms with Crippen molar-refractivity contribution in [2.24, 2.45) is 0 Å².